The van der Waals surface area contributed by atoms with E-state index in [1.54, 1.807) is 6.07 Å². The Hall–Kier alpha value is -2.86. The van der Waals surface area contributed by atoms with Gasteiger partial charge in [0.05, 0.1) is 5.56 Å². The summed E-state index contributed by atoms with van der Waals surface area (Å²) in [7, 11) is 0. The van der Waals surface area contributed by atoms with Gasteiger partial charge in [-0.15, -0.1) is 0 Å². The fourth-order valence-corrected chi connectivity index (χ4v) is 5.65. The van der Waals surface area contributed by atoms with Crippen molar-refractivity contribution in [2.45, 2.75) is 6.18 Å². The van der Waals surface area contributed by atoms with Crippen LogP contribution in [0.5, 0.6) is 0 Å². The van der Waals surface area contributed by atoms with Gasteiger partial charge < -0.3 is 0 Å². The third-order valence-electron chi connectivity index (χ3n) is 6.11. The molecule has 5 rings (SSSR count). The molecule has 0 aliphatic carbocycles. The van der Waals surface area contributed by atoms with Gasteiger partial charge in [-0.05, 0) is 87.5 Å². The summed E-state index contributed by atoms with van der Waals surface area (Å²) in [5.74, 6) is 0. The van der Waals surface area contributed by atoms with Crippen molar-refractivity contribution in [2.24, 2.45) is 0 Å². The molecule has 6 heteroatoms. The molecule has 0 fully saturated rings. The van der Waals surface area contributed by atoms with Crippen LogP contribution < -0.4 is 0 Å². The van der Waals surface area contributed by atoms with Crippen molar-refractivity contribution >= 4 is 43.5 Å². The van der Waals surface area contributed by atoms with E-state index in [0.717, 1.165) is 48.4 Å². The lowest BCUT2D eigenvalue weighted by Gasteiger charge is -2.15. The third-order valence-corrected chi connectivity index (χ3v) is 7.78. The van der Waals surface area contributed by atoms with Crippen molar-refractivity contribution in [3.63, 3.8) is 0 Å². The predicted octanol–water partition coefficient (Wildman–Crippen LogP) is 11.6. The minimum absolute atomic E-state index is 0.501. The van der Waals surface area contributed by atoms with E-state index in [9.17, 15) is 13.2 Å². The van der Waals surface area contributed by atoms with Crippen LogP contribution in [0, 0.1) is 0 Å². The minimum atomic E-state index is -4.39. The number of rotatable bonds is 4. The summed E-state index contributed by atoms with van der Waals surface area (Å²) >= 11 is 13.9. The van der Waals surface area contributed by atoms with Crippen LogP contribution in [0.2, 0.25) is 5.02 Å². The molecule has 5 aromatic carbocycles. The summed E-state index contributed by atoms with van der Waals surface area (Å²) < 4.78 is 41.5. The second-order valence-electron chi connectivity index (χ2n) is 8.53. The molecular formula is C31H18Br2ClF3. The van der Waals surface area contributed by atoms with Gasteiger partial charge in [-0.2, -0.15) is 13.2 Å². The van der Waals surface area contributed by atoms with E-state index in [0.29, 0.717) is 16.1 Å². The standard InChI is InChI=1S/C31H18Br2ClF3/c32-28-10-3-1-8-25(28)21-14-22(16-23(15-21)27-9-2-4-11-30(27)34)26-13-12-20(18-29(26)33)19-6-5-7-24(17-19)31(35,36)37/h1-18H. The Morgan fingerprint density at radius 3 is 1.68 bits per heavy atom. The van der Waals surface area contributed by atoms with Gasteiger partial charge in [0.15, 0.2) is 0 Å². The van der Waals surface area contributed by atoms with Crippen molar-refractivity contribution in [2.75, 3.05) is 0 Å². The maximum Gasteiger partial charge on any atom is 0.416 e. The van der Waals surface area contributed by atoms with Crippen LogP contribution in [0.4, 0.5) is 13.2 Å². The molecule has 0 N–H and O–H groups in total. The molecule has 0 aromatic heterocycles. The first-order chi connectivity index (χ1) is 17.7. The van der Waals surface area contributed by atoms with E-state index < -0.39 is 11.7 Å². The van der Waals surface area contributed by atoms with Crippen LogP contribution >= 0.6 is 43.5 Å². The van der Waals surface area contributed by atoms with Gasteiger partial charge in [-0.1, -0.05) is 104 Å². The van der Waals surface area contributed by atoms with E-state index in [-0.39, 0.29) is 0 Å². The molecule has 0 nitrogen and oxygen atoms in total. The van der Waals surface area contributed by atoms with Crippen molar-refractivity contribution in [3.8, 4) is 44.5 Å². The summed E-state index contributed by atoms with van der Waals surface area (Å²) in [6.45, 7) is 0. The molecule has 0 atom stereocenters. The Morgan fingerprint density at radius 2 is 1.05 bits per heavy atom. The van der Waals surface area contributed by atoms with E-state index in [2.05, 4.69) is 50.1 Å². The topological polar surface area (TPSA) is 0 Å². The maximum atomic E-state index is 13.2. The van der Waals surface area contributed by atoms with Gasteiger partial charge in [-0.3, -0.25) is 0 Å². The summed E-state index contributed by atoms with van der Waals surface area (Å²) in [4.78, 5) is 0. The molecule has 0 heterocycles. The highest BCUT2D eigenvalue weighted by molar-refractivity contribution is 9.11. The second kappa shape index (κ2) is 10.5. The van der Waals surface area contributed by atoms with E-state index in [4.69, 9.17) is 11.6 Å². The number of hydrogen-bond donors (Lipinski definition) is 0. The first-order valence-electron chi connectivity index (χ1n) is 11.3. The van der Waals surface area contributed by atoms with Crippen molar-refractivity contribution in [1.82, 2.24) is 0 Å². The smallest absolute Gasteiger partial charge is 0.166 e. The van der Waals surface area contributed by atoms with E-state index in [1.165, 1.54) is 12.1 Å². The first kappa shape index (κ1) is 25.8. The average molecular weight is 643 g/mol. The zero-order valence-electron chi connectivity index (χ0n) is 19.2. The molecule has 5 aromatic rings. The van der Waals surface area contributed by atoms with Crippen LogP contribution in [-0.4, -0.2) is 0 Å². The Morgan fingerprint density at radius 1 is 0.486 bits per heavy atom. The third kappa shape index (κ3) is 5.54. The summed E-state index contributed by atoms with van der Waals surface area (Å²) in [5, 5.41) is 0.650. The Labute approximate surface area is 235 Å². The van der Waals surface area contributed by atoms with E-state index >= 15 is 0 Å². The fraction of sp³-hybridized carbons (Fsp3) is 0.0323. The minimum Gasteiger partial charge on any atom is -0.166 e. The van der Waals surface area contributed by atoms with Crippen LogP contribution in [-0.2, 0) is 6.18 Å². The second-order valence-corrected chi connectivity index (χ2v) is 10.6. The molecule has 0 bridgehead atoms. The van der Waals surface area contributed by atoms with Crippen LogP contribution in [0.15, 0.2) is 118 Å². The van der Waals surface area contributed by atoms with Gasteiger partial charge >= 0.3 is 6.18 Å². The van der Waals surface area contributed by atoms with Crippen LogP contribution in [0.1, 0.15) is 5.56 Å². The van der Waals surface area contributed by atoms with Crippen molar-refractivity contribution in [1.29, 1.82) is 0 Å². The molecule has 184 valence electrons. The van der Waals surface area contributed by atoms with Gasteiger partial charge in [-0.25, -0.2) is 0 Å². The van der Waals surface area contributed by atoms with E-state index in [1.807, 2.05) is 66.7 Å². The summed E-state index contributed by atoms with van der Waals surface area (Å²) in [6.07, 6.45) is -4.39. The number of hydrogen-bond acceptors (Lipinski definition) is 0. The summed E-state index contributed by atoms with van der Waals surface area (Å²) in [6, 6.07) is 33.0. The Balaban J connectivity index is 1.64. The van der Waals surface area contributed by atoms with Crippen molar-refractivity contribution in [3.05, 3.63) is 129 Å². The average Bonchev–Trinajstić information content (AvgIpc) is 2.88. The zero-order valence-corrected chi connectivity index (χ0v) is 23.1. The normalized spacial score (nSPS) is 11.5. The van der Waals surface area contributed by atoms with Gasteiger partial charge in [0.1, 0.15) is 0 Å². The van der Waals surface area contributed by atoms with Crippen molar-refractivity contribution < 1.29 is 13.2 Å². The lowest BCUT2D eigenvalue weighted by atomic mass is 9.92. The lowest BCUT2D eigenvalue weighted by molar-refractivity contribution is -0.137. The maximum absolute atomic E-state index is 13.2. The highest BCUT2D eigenvalue weighted by atomic mass is 79.9. The van der Waals surface area contributed by atoms with Gasteiger partial charge in [0.2, 0.25) is 0 Å². The Kier molecular flexibility index (Phi) is 7.30. The highest BCUT2D eigenvalue weighted by Crippen LogP contribution is 2.40. The molecule has 0 aliphatic rings. The highest BCUT2D eigenvalue weighted by Gasteiger charge is 2.30. The lowest BCUT2D eigenvalue weighted by Crippen LogP contribution is -2.04. The van der Waals surface area contributed by atoms with Crippen LogP contribution in [0.25, 0.3) is 44.5 Å². The summed E-state index contributed by atoms with van der Waals surface area (Å²) in [5.41, 5.74) is 6.30. The number of halogens is 6. The van der Waals surface area contributed by atoms with Crippen LogP contribution in [0.3, 0.4) is 0 Å². The molecule has 0 aliphatic heterocycles. The monoisotopic (exact) mass is 640 g/mol. The van der Waals surface area contributed by atoms with Gasteiger partial charge in [0.25, 0.3) is 0 Å². The Bertz CT molecular complexity index is 1550. The quantitative estimate of drug-likeness (QED) is 0.183. The predicted molar refractivity (Wildman–Crippen MR) is 154 cm³/mol. The molecule has 0 amide bonds. The molecular weight excluding hydrogens is 625 g/mol. The number of benzene rings is 5. The molecule has 0 unspecified atom stereocenters. The zero-order chi connectivity index (χ0) is 26.2. The molecule has 0 radical (unpaired) electrons. The first-order valence-corrected chi connectivity index (χ1v) is 13.3. The largest absolute Gasteiger partial charge is 0.416 e. The molecule has 0 saturated heterocycles. The number of alkyl halides is 3. The molecule has 0 spiro atoms. The molecule has 0 saturated carbocycles. The molecule has 37 heavy (non-hydrogen) atoms. The van der Waals surface area contributed by atoms with Gasteiger partial charge in [0, 0.05) is 19.5 Å². The SMILES string of the molecule is FC(F)(F)c1cccc(-c2ccc(-c3cc(-c4ccccc4Cl)cc(-c4ccccc4Br)c3)c(Br)c2)c1. The fourth-order valence-electron chi connectivity index (χ4n) is 4.29.